The molecule has 0 aromatic rings. The third-order valence-corrected chi connectivity index (χ3v) is 1.99. The normalized spacial score (nSPS) is 11.3. The number of ether oxygens (including phenoxy) is 1. The number of carbonyl (C=O) groups is 1. The molecule has 6 heteroatoms. The van der Waals surface area contributed by atoms with Crippen molar-refractivity contribution in [2.75, 3.05) is 7.11 Å². The van der Waals surface area contributed by atoms with E-state index in [-0.39, 0.29) is 12.8 Å². The zero-order chi connectivity index (χ0) is 8.91. The highest BCUT2D eigenvalue weighted by Crippen LogP contribution is 2.17. The Morgan fingerprint density at radius 2 is 2.00 bits per heavy atom. The Balaban J connectivity index is 3.35. The summed E-state index contributed by atoms with van der Waals surface area (Å²) in [6.45, 7) is 0. The van der Waals surface area contributed by atoms with Gasteiger partial charge in [-0.25, -0.2) is 12.3 Å². The van der Waals surface area contributed by atoms with Gasteiger partial charge in [0, 0.05) is 12.5 Å². The maximum atomic E-state index is 11.6. The highest BCUT2D eigenvalue weighted by Gasteiger charge is 2.35. The average Bonchev–Trinajstić information content (AvgIpc) is 1.85. The van der Waals surface area contributed by atoms with Crippen molar-refractivity contribution in [3.05, 3.63) is 0 Å². The first-order chi connectivity index (χ1) is 4.95. The zero-order valence-corrected chi connectivity index (χ0v) is 7.07. The molecule has 2 nitrogen and oxygen atoms in total. The van der Waals surface area contributed by atoms with Crippen LogP contribution in [-0.2, 0) is 9.53 Å². The van der Waals surface area contributed by atoms with Gasteiger partial charge in [0.1, 0.15) is 0 Å². The van der Waals surface area contributed by atoms with E-state index in [1.165, 1.54) is 0 Å². The predicted octanol–water partition coefficient (Wildman–Crippen LogP) is 1.79. The SMILES string of the molecule is COC(=O)CCC[Si](F)(F)F. The van der Waals surface area contributed by atoms with E-state index < -0.39 is 21.1 Å². The highest BCUT2D eigenvalue weighted by molar-refractivity contribution is 6.58. The predicted molar refractivity (Wildman–Crippen MR) is 35.1 cm³/mol. The van der Waals surface area contributed by atoms with E-state index in [9.17, 15) is 17.1 Å². The van der Waals surface area contributed by atoms with Crippen molar-refractivity contribution in [1.29, 1.82) is 0 Å². The fourth-order valence-corrected chi connectivity index (χ4v) is 1.11. The summed E-state index contributed by atoms with van der Waals surface area (Å²) in [4.78, 5) is 10.3. The molecule has 0 aliphatic heterocycles. The first-order valence-corrected chi connectivity index (χ1v) is 4.93. The summed E-state index contributed by atoms with van der Waals surface area (Å²) in [5.74, 6) is -0.580. The van der Waals surface area contributed by atoms with Gasteiger partial charge in [0.25, 0.3) is 0 Å². The zero-order valence-electron chi connectivity index (χ0n) is 6.07. The second-order valence-corrected chi connectivity index (χ2v) is 3.78. The van der Waals surface area contributed by atoms with Crippen molar-refractivity contribution in [3.8, 4) is 0 Å². The quantitative estimate of drug-likeness (QED) is 0.380. The van der Waals surface area contributed by atoms with E-state index in [0.717, 1.165) is 7.11 Å². The van der Waals surface area contributed by atoms with Crippen LogP contribution in [0.25, 0.3) is 0 Å². The molecule has 0 heterocycles. The topological polar surface area (TPSA) is 26.3 Å². The molecule has 11 heavy (non-hydrogen) atoms. The van der Waals surface area contributed by atoms with Gasteiger partial charge in [-0.1, -0.05) is 0 Å². The molecule has 0 spiro atoms. The lowest BCUT2D eigenvalue weighted by Crippen LogP contribution is -2.14. The summed E-state index contributed by atoms with van der Waals surface area (Å²) in [5, 5.41) is 0. The minimum Gasteiger partial charge on any atom is -0.469 e. The van der Waals surface area contributed by atoms with Crippen LogP contribution in [-0.4, -0.2) is 22.2 Å². The van der Waals surface area contributed by atoms with Gasteiger partial charge < -0.3 is 4.74 Å². The van der Waals surface area contributed by atoms with Gasteiger partial charge in [0.2, 0.25) is 0 Å². The van der Waals surface area contributed by atoms with Crippen LogP contribution < -0.4 is 0 Å². The maximum absolute atomic E-state index is 11.6. The van der Waals surface area contributed by atoms with Crippen LogP contribution in [0.2, 0.25) is 6.04 Å². The molecule has 0 saturated heterocycles. The first kappa shape index (κ1) is 10.5. The standard InChI is InChI=1S/C5H9F3O2Si/c1-10-5(9)3-2-4-11(6,7)8/h2-4H2,1H3. The fraction of sp³-hybridized carbons (Fsp3) is 0.800. The van der Waals surface area contributed by atoms with Crippen molar-refractivity contribution < 1.29 is 21.9 Å². The van der Waals surface area contributed by atoms with Gasteiger partial charge in [0.15, 0.2) is 0 Å². The first-order valence-electron chi connectivity index (χ1n) is 3.09. The Kier molecular flexibility index (Phi) is 4.17. The van der Waals surface area contributed by atoms with Crippen LogP contribution >= 0.6 is 0 Å². The van der Waals surface area contributed by atoms with Gasteiger partial charge in [-0.2, -0.15) is 0 Å². The van der Waals surface area contributed by atoms with Gasteiger partial charge in [-0.15, -0.1) is 0 Å². The Bertz CT molecular complexity index is 134. The van der Waals surface area contributed by atoms with Gasteiger partial charge >= 0.3 is 15.0 Å². The third-order valence-electron chi connectivity index (χ3n) is 1.07. The summed E-state index contributed by atoms with van der Waals surface area (Å²) < 4.78 is 39.0. The molecule has 0 unspecified atom stereocenters. The summed E-state index contributed by atoms with van der Waals surface area (Å²) in [6, 6.07) is -0.790. The highest BCUT2D eigenvalue weighted by atomic mass is 28.5. The molecule has 0 aliphatic rings. The van der Waals surface area contributed by atoms with Crippen molar-refractivity contribution in [3.63, 3.8) is 0 Å². The van der Waals surface area contributed by atoms with E-state index in [1.807, 2.05) is 0 Å². The Morgan fingerprint density at radius 1 is 1.45 bits per heavy atom. The number of carbonyl (C=O) groups excluding carboxylic acids is 1. The van der Waals surface area contributed by atoms with Crippen LogP contribution in [0, 0.1) is 0 Å². The lowest BCUT2D eigenvalue weighted by Gasteiger charge is -2.00. The van der Waals surface area contributed by atoms with E-state index in [0.29, 0.717) is 0 Å². The van der Waals surface area contributed by atoms with Crippen molar-refractivity contribution >= 4 is 15.0 Å². The summed E-state index contributed by atoms with van der Waals surface area (Å²) in [7, 11) is -4.28. The Labute approximate surface area is 63.9 Å². The summed E-state index contributed by atoms with van der Waals surface area (Å²) >= 11 is 0. The number of hydrogen-bond acceptors (Lipinski definition) is 2. The van der Waals surface area contributed by atoms with Crippen LogP contribution in [0.15, 0.2) is 0 Å². The Morgan fingerprint density at radius 3 is 2.36 bits per heavy atom. The van der Waals surface area contributed by atoms with E-state index >= 15 is 0 Å². The smallest absolute Gasteiger partial charge is 0.469 e. The Hall–Kier alpha value is -0.523. The number of halogens is 3. The third kappa shape index (κ3) is 7.37. The van der Waals surface area contributed by atoms with Gasteiger partial charge in [-0.05, 0) is 6.42 Å². The minimum absolute atomic E-state index is 0.136. The summed E-state index contributed by atoms with van der Waals surface area (Å²) in [6.07, 6.45) is -0.272. The van der Waals surface area contributed by atoms with E-state index in [1.54, 1.807) is 0 Å². The number of hydrogen-bond donors (Lipinski definition) is 0. The molecule has 0 fully saturated rings. The molecule has 0 aromatic heterocycles. The monoisotopic (exact) mass is 186 g/mol. The molecule has 0 atom stereocenters. The molecule has 0 radical (unpaired) electrons. The molecule has 0 amide bonds. The van der Waals surface area contributed by atoms with Crippen molar-refractivity contribution in [1.82, 2.24) is 0 Å². The van der Waals surface area contributed by atoms with Crippen LogP contribution in [0.5, 0.6) is 0 Å². The molecular formula is C5H9F3O2Si. The largest absolute Gasteiger partial charge is 0.616 e. The van der Waals surface area contributed by atoms with Crippen molar-refractivity contribution in [2.45, 2.75) is 18.9 Å². The number of rotatable bonds is 4. The molecular weight excluding hydrogens is 177 g/mol. The van der Waals surface area contributed by atoms with Gasteiger partial charge in [-0.3, -0.25) is 4.79 Å². The molecule has 66 valence electrons. The molecule has 0 bridgehead atoms. The molecule has 0 rings (SSSR count). The molecule has 0 saturated carbocycles. The second kappa shape index (κ2) is 4.37. The molecule has 0 aliphatic carbocycles. The van der Waals surface area contributed by atoms with E-state index in [2.05, 4.69) is 4.74 Å². The number of esters is 1. The second-order valence-electron chi connectivity index (χ2n) is 2.04. The molecule has 0 N–H and O–H groups in total. The van der Waals surface area contributed by atoms with Crippen LogP contribution in [0.3, 0.4) is 0 Å². The average molecular weight is 186 g/mol. The lowest BCUT2D eigenvalue weighted by molar-refractivity contribution is -0.140. The van der Waals surface area contributed by atoms with Crippen molar-refractivity contribution in [2.24, 2.45) is 0 Å². The maximum Gasteiger partial charge on any atom is 0.616 e. The molecule has 0 aromatic carbocycles. The van der Waals surface area contributed by atoms with Crippen LogP contribution in [0.4, 0.5) is 12.3 Å². The fourth-order valence-electron chi connectivity index (χ4n) is 0.535. The minimum atomic E-state index is -5.44. The van der Waals surface area contributed by atoms with E-state index in [4.69, 9.17) is 0 Å². The van der Waals surface area contributed by atoms with Gasteiger partial charge in [0.05, 0.1) is 7.11 Å². The van der Waals surface area contributed by atoms with Crippen LogP contribution in [0.1, 0.15) is 12.8 Å². The summed E-state index contributed by atoms with van der Waals surface area (Å²) in [5.41, 5.74) is 0. The number of methoxy groups -OCH3 is 1. The lowest BCUT2D eigenvalue weighted by atomic mass is 10.3.